The van der Waals surface area contributed by atoms with E-state index in [0.29, 0.717) is 0 Å². The Kier molecular flexibility index (Phi) is 4.35. The Morgan fingerprint density at radius 2 is 1.81 bits per heavy atom. The van der Waals surface area contributed by atoms with Gasteiger partial charge in [0, 0.05) is 5.38 Å². The van der Waals surface area contributed by atoms with Crippen molar-refractivity contribution in [3.05, 3.63) is 29.8 Å². The smallest absolute Gasteiger partial charge is 0.225 e. The third kappa shape index (κ3) is 3.20. The van der Waals surface area contributed by atoms with Crippen molar-refractivity contribution >= 4 is 21.6 Å². The van der Waals surface area contributed by atoms with Gasteiger partial charge in [-0.3, -0.25) is 0 Å². The summed E-state index contributed by atoms with van der Waals surface area (Å²) in [6, 6.07) is 6.55. The molecule has 0 saturated heterocycles. The number of alkyl halides is 1. The summed E-state index contributed by atoms with van der Waals surface area (Å²) in [5.41, 5.74) is 1.02. The molecule has 0 saturated carbocycles. The molecule has 2 atom stereocenters. The van der Waals surface area contributed by atoms with Crippen LogP contribution in [0.3, 0.4) is 0 Å². The standard InChI is InChI=1S/C11H16ClNO2S/c1-3-11(12)8(2)9-4-6-10(7-5-9)16(13,14)15/h4-8,11H,3H2,1-2H3,(H2,13,14,15). The lowest BCUT2D eigenvalue weighted by Crippen LogP contribution is -2.13. The highest BCUT2D eigenvalue weighted by atomic mass is 35.5. The maximum Gasteiger partial charge on any atom is 0.238 e. The monoisotopic (exact) mass is 261 g/mol. The minimum Gasteiger partial charge on any atom is -0.225 e. The minimum absolute atomic E-state index is 0.0559. The molecule has 90 valence electrons. The second-order valence-electron chi connectivity index (χ2n) is 3.83. The van der Waals surface area contributed by atoms with Crippen molar-refractivity contribution in [2.75, 3.05) is 0 Å². The zero-order valence-corrected chi connectivity index (χ0v) is 10.9. The summed E-state index contributed by atoms with van der Waals surface area (Å²) >= 11 is 6.14. The highest BCUT2D eigenvalue weighted by Crippen LogP contribution is 2.26. The maximum atomic E-state index is 11.1. The Morgan fingerprint density at radius 1 is 1.31 bits per heavy atom. The third-order valence-electron chi connectivity index (χ3n) is 2.67. The van der Waals surface area contributed by atoms with E-state index in [-0.39, 0.29) is 16.2 Å². The van der Waals surface area contributed by atoms with E-state index < -0.39 is 10.0 Å². The Labute approximate surface area is 102 Å². The second-order valence-corrected chi connectivity index (χ2v) is 5.95. The molecule has 0 amide bonds. The SMILES string of the molecule is CCC(Cl)C(C)c1ccc(S(N)(=O)=O)cc1. The van der Waals surface area contributed by atoms with E-state index in [1.54, 1.807) is 12.1 Å². The van der Waals surface area contributed by atoms with Gasteiger partial charge in [-0.05, 0) is 30.0 Å². The number of rotatable bonds is 4. The summed E-state index contributed by atoms with van der Waals surface area (Å²) in [5, 5.41) is 5.07. The number of hydrogen-bond donors (Lipinski definition) is 1. The molecule has 1 rings (SSSR count). The fourth-order valence-electron chi connectivity index (χ4n) is 1.52. The number of halogens is 1. The van der Waals surface area contributed by atoms with Crippen molar-refractivity contribution in [3.8, 4) is 0 Å². The molecule has 16 heavy (non-hydrogen) atoms. The van der Waals surface area contributed by atoms with Crippen LogP contribution in [0.5, 0.6) is 0 Å². The Morgan fingerprint density at radius 3 is 2.19 bits per heavy atom. The van der Waals surface area contributed by atoms with Crippen LogP contribution in [0.15, 0.2) is 29.2 Å². The molecule has 2 unspecified atom stereocenters. The van der Waals surface area contributed by atoms with E-state index in [0.717, 1.165) is 12.0 Å². The van der Waals surface area contributed by atoms with Crippen molar-refractivity contribution in [1.29, 1.82) is 0 Å². The van der Waals surface area contributed by atoms with E-state index in [1.807, 2.05) is 13.8 Å². The number of benzene rings is 1. The van der Waals surface area contributed by atoms with Gasteiger partial charge in [0.05, 0.1) is 4.90 Å². The van der Waals surface area contributed by atoms with Gasteiger partial charge >= 0.3 is 0 Å². The Hall–Kier alpha value is -0.580. The molecule has 0 aromatic heterocycles. The Balaban J connectivity index is 2.96. The molecule has 0 radical (unpaired) electrons. The van der Waals surface area contributed by atoms with E-state index in [9.17, 15) is 8.42 Å². The van der Waals surface area contributed by atoms with Gasteiger partial charge in [0.15, 0.2) is 0 Å². The molecule has 0 fully saturated rings. The summed E-state index contributed by atoms with van der Waals surface area (Å²) < 4.78 is 22.1. The third-order valence-corrected chi connectivity index (χ3v) is 4.28. The molecule has 2 N–H and O–H groups in total. The van der Waals surface area contributed by atoms with Crippen LogP contribution in [0.1, 0.15) is 31.7 Å². The molecule has 0 aliphatic carbocycles. The van der Waals surface area contributed by atoms with Crippen LogP contribution in [-0.4, -0.2) is 13.8 Å². The van der Waals surface area contributed by atoms with Crippen LogP contribution < -0.4 is 5.14 Å². The molecular weight excluding hydrogens is 246 g/mol. The van der Waals surface area contributed by atoms with E-state index >= 15 is 0 Å². The number of hydrogen-bond acceptors (Lipinski definition) is 2. The van der Waals surface area contributed by atoms with Crippen molar-refractivity contribution < 1.29 is 8.42 Å². The van der Waals surface area contributed by atoms with Crippen LogP contribution >= 0.6 is 11.6 Å². The normalized spacial score (nSPS) is 15.8. The predicted molar refractivity (Wildman–Crippen MR) is 66.2 cm³/mol. The first kappa shape index (κ1) is 13.5. The van der Waals surface area contributed by atoms with Gasteiger partial charge in [0.1, 0.15) is 0 Å². The average molecular weight is 262 g/mol. The fraction of sp³-hybridized carbons (Fsp3) is 0.455. The molecule has 0 heterocycles. The molecule has 0 spiro atoms. The van der Waals surface area contributed by atoms with E-state index in [2.05, 4.69) is 0 Å². The van der Waals surface area contributed by atoms with Crippen LogP contribution in [-0.2, 0) is 10.0 Å². The first-order valence-corrected chi connectivity index (χ1v) is 7.11. The molecular formula is C11H16ClNO2S. The van der Waals surface area contributed by atoms with Gasteiger partial charge in [-0.1, -0.05) is 26.0 Å². The van der Waals surface area contributed by atoms with Gasteiger partial charge in [-0.2, -0.15) is 0 Å². The van der Waals surface area contributed by atoms with Gasteiger partial charge in [0.2, 0.25) is 10.0 Å². The first-order valence-electron chi connectivity index (χ1n) is 5.13. The summed E-state index contributed by atoms with van der Waals surface area (Å²) in [6.45, 7) is 4.04. The van der Waals surface area contributed by atoms with Gasteiger partial charge in [-0.25, -0.2) is 13.6 Å². The topological polar surface area (TPSA) is 60.2 Å². The molecule has 1 aromatic carbocycles. The number of primary sulfonamides is 1. The predicted octanol–water partition coefficient (Wildman–Crippen LogP) is 2.45. The zero-order valence-electron chi connectivity index (χ0n) is 9.35. The highest BCUT2D eigenvalue weighted by molar-refractivity contribution is 7.89. The Bertz CT molecular complexity index is 442. The van der Waals surface area contributed by atoms with E-state index in [4.69, 9.17) is 16.7 Å². The lowest BCUT2D eigenvalue weighted by atomic mass is 9.96. The number of sulfonamides is 1. The van der Waals surface area contributed by atoms with Crippen molar-refractivity contribution in [1.82, 2.24) is 0 Å². The van der Waals surface area contributed by atoms with Crippen LogP contribution in [0.4, 0.5) is 0 Å². The van der Waals surface area contributed by atoms with Gasteiger partial charge in [-0.15, -0.1) is 11.6 Å². The summed E-state index contributed by atoms with van der Waals surface area (Å²) in [6.07, 6.45) is 0.875. The van der Waals surface area contributed by atoms with Crippen molar-refractivity contribution in [2.24, 2.45) is 5.14 Å². The largest absolute Gasteiger partial charge is 0.238 e. The van der Waals surface area contributed by atoms with Crippen LogP contribution in [0, 0.1) is 0 Å². The van der Waals surface area contributed by atoms with Crippen LogP contribution in [0.25, 0.3) is 0 Å². The molecule has 0 aliphatic heterocycles. The minimum atomic E-state index is -3.60. The lowest BCUT2D eigenvalue weighted by molar-refractivity contribution is 0.597. The summed E-state index contributed by atoms with van der Waals surface area (Å²) in [7, 11) is -3.60. The quantitative estimate of drug-likeness (QED) is 0.847. The second kappa shape index (κ2) is 5.17. The molecule has 0 bridgehead atoms. The zero-order chi connectivity index (χ0) is 12.3. The summed E-state index contributed by atoms with van der Waals surface area (Å²) in [4.78, 5) is 0.131. The molecule has 1 aromatic rings. The first-order chi connectivity index (χ1) is 7.36. The maximum absolute atomic E-state index is 11.1. The molecule has 5 heteroatoms. The lowest BCUT2D eigenvalue weighted by Gasteiger charge is -2.16. The van der Waals surface area contributed by atoms with Crippen molar-refractivity contribution in [3.63, 3.8) is 0 Å². The number of nitrogens with two attached hydrogens (primary N) is 1. The van der Waals surface area contributed by atoms with Crippen LogP contribution in [0.2, 0.25) is 0 Å². The van der Waals surface area contributed by atoms with Gasteiger partial charge < -0.3 is 0 Å². The average Bonchev–Trinajstić information content (AvgIpc) is 2.26. The fourth-order valence-corrected chi connectivity index (χ4v) is 2.18. The van der Waals surface area contributed by atoms with Crippen molar-refractivity contribution in [2.45, 2.75) is 36.5 Å². The highest BCUT2D eigenvalue weighted by Gasteiger charge is 2.15. The van der Waals surface area contributed by atoms with Gasteiger partial charge in [0.25, 0.3) is 0 Å². The summed E-state index contributed by atoms with van der Waals surface area (Å²) in [5.74, 6) is 0.196. The van der Waals surface area contributed by atoms with E-state index in [1.165, 1.54) is 12.1 Å². The molecule has 3 nitrogen and oxygen atoms in total. The molecule has 0 aliphatic rings.